The number of ether oxygens (including phenoxy) is 1. The number of aryl methyl sites for hydroxylation is 1. The van der Waals surface area contributed by atoms with E-state index in [1.807, 2.05) is 41.5 Å². The van der Waals surface area contributed by atoms with Crippen LogP contribution in [0.15, 0.2) is 29.2 Å². The molecule has 1 aromatic rings. The SMILES string of the molecule is Cc1ccc(S(=O)(=O)N2C[C@@H](C)N(C(=O)OC(C)(C)C)C[C@H]2C)cc1. The Morgan fingerprint density at radius 2 is 1.64 bits per heavy atom. The molecule has 0 unspecified atom stereocenters. The number of amides is 1. The van der Waals surface area contributed by atoms with Gasteiger partial charge in [0.05, 0.1) is 4.90 Å². The van der Waals surface area contributed by atoms with Crippen LogP contribution in [0.3, 0.4) is 0 Å². The van der Waals surface area contributed by atoms with E-state index in [2.05, 4.69) is 0 Å². The Kier molecular flexibility index (Phi) is 5.49. The van der Waals surface area contributed by atoms with E-state index in [4.69, 9.17) is 4.74 Å². The van der Waals surface area contributed by atoms with Crippen molar-refractivity contribution >= 4 is 16.1 Å². The van der Waals surface area contributed by atoms with E-state index in [0.29, 0.717) is 6.54 Å². The lowest BCUT2D eigenvalue weighted by Gasteiger charge is -2.43. The van der Waals surface area contributed by atoms with E-state index < -0.39 is 21.7 Å². The average Bonchev–Trinajstić information content (AvgIpc) is 2.47. The number of rotatable bonds is 2. The zero-order valence-electron chi connectivity index (χ0n) is 15.8. The number of nitrogens with zero attached hydrogens (tertiary/aromatic N) is 2. The van der Waals surface area contributed by atoms with Crippen LogP contribution in [-0.2, 0) is 14.8 Å². The Morgan fingerprint density at radius 1 is 1.08 bits per heavy atom. The summed E-state index contributed by atoms with van der Waals surface area (Å²) in [6, 6.07) is 6.25. The summed E-state index contributed by atoms with van der Waals surface area (Å²) in [6.07, 6.45) is -0.403. The molecule has 0 radical (unpaired) electrons. The standard InChI is InChI=1S/C18H28N2O4S/c1-13-7-9-16(10-8-13)25(22,23)20-12-14(2)19(11-15(20)3)17(21)24-18(4,5)6/h7-10,14-15H,11-12H2,1-6H3/t14-,15-/m1/s1. The zero-order chi connectivity index (χ0) is 19.0. The number of sulfonamides is 1. The Bertz CT molecular complexity index is 722. The first kappa shape index (κ1) is 19.7. The van der Waals surface area contributed by atoms with Crippen LogP contribution in [0.25, 0.3) is 0 Å². The van der Waals surface area contributed by atoms with Crippen LogP contribution in [0.2, 0.25) is 0 Å². The predicted octanol–water partition coefficient (Wildman–Crippen LogP) is 3.01. The third kappa shape index (κ3) is 4.52. The summed E-state index contributed by atoms with van der Waals surface area (Å²) in [6.45, 7) is 11.6. The van der Waals surface area contributed by atoms with Gasteiger partial charge in [-0.2, -0.15) is 4.31 Å². The van der Waals surface area contributed by atoms with Gasteiger partial charge in [-0.1, -0.05) is 17.7 Å². The summed E-state index contributed by atoms with van der Waals surface area (Å²) < 4.78 is 32.8. The molecule has 6 nitrogen and oxygen atoms in total. The van der Waals surface area contributed by atoms with Crippen molar-refractivity contribution in [2.45, 2.75) is 64.1 Å². The maximum absolute atomic E-state index is 13.0. The molecule has 0 N–H and O–H groups in total. The Morgan fingerprint density at radius 3 is 2.16 bits per heavy atom. The highest BCUT2D eigenvalue weighted by Gasteiger charge is 2.39. The van der Waals surface area contributed by atoms with E-state index in [9.17, 15) is 13.2 Å². The molecule has 2 rings (SSSR count). The van der Waals surface area contributed by atoms with Crippen LogP contribution in [0.5, 0.6) is 0 Å². The Hall–Kier alpha value is -1.60. The molecule has 140 valence electrons. The van der Waals surface area contributed by atoms with E-state index in [1.165, 1.54) is 4.31 Å². The molecule has 7 heteroatoms. The number of piperazine rings is 1. The number of hydrogen-bond donors (Lipinski definition) is 0. The van der Waals surface area contributed by atoms with Crippen molar-refractivity contribution in [2.24, 2.45) is 0 Å². The smallest absolute Gasteiger partial charge is 0.410 e. The largest absolute Gasteiger partial charge is 0.444 e. The van der Waals surface area contributed by atoms with Crippen molar-refractivity contribution < 1.29 is 17.9 Å². The summed E-state index contributed by atoms with van der Waals surface area (Å²) in [5.74, 6) is 0. The molecule has 1 aromatic carbocycles. The van der Waals surface area contributed by atoms with Crippen molar-refractivity contribution in [3.05, 3.63) is 29.8 Å². The first-order chi connectivity index (χ1) is 11.4. The third-order valence-corrected chi connectivity index (χ3v) is 6.18. The van der Waals surface area contributed by atoms with Crippen molar-refractivity contribution in [2.75, 3.05) is 13.1 Å². The molecule has 1 saturated heterocycles. The molecule has 1 amide bonds. The van der Waals surface area contributed by atoms with Gasteiger partial charge in [0.25, 0.3) is 0 Å². The maximum Gasteiger partial charge on any atom is 0.410 e. The highest BCUT2D eigenvalue weighted by Crippen LogP contribution is 2.25. The van der Waals surface area contributed by atoms with Gasteiger partial charge in [-0.3, -0.25) is 0 Å². The number of benzene rings is 1. The minimum atomic E-state index is -3.59. The minimum absolute atomic E-state index is 0.247. The normalized spacial score (nSPS) is 22.7. The van der Waals surface area contributed by atoms with Gasteiger partial charge >= 0.3 is 6.09 Å². The van der Waals surface area contributed by atoms with Gasteiger partial charge in [0.15, 0.2) is 0 Å². The fraction of sp³-hybridized carbons (Fsp3) is 0.611. The van der Waals surface area contributed by atoms with Gasteiger partial charge < -0.3 is 9.64 Å². The van der Waals surface area contributed by atoms with E-state index in [-0.39, 0.29) is 23.5 Å². The summed E-state index contributed by atoms with van der Waals surface area (Å²) in [5, 5.41) is 0. The predicted molar refractivity (Wildman–Crippen MR) is 96.9 cm³/mol. The summed E-state index contributed by atoms with van der Waals surface area (Å²) >= 11 is 0. The van der Waals surface area contributed by atoms with Gasteiger partial charge in [0, 0.05) is 25.2 Å². The number of carbonyl (C=O) groups is 1. The quantitative estimate of drug-likeness (QED) is 0.805. The fourth-order valence-corrected chi connectivity index (χ4v) is 4.55. The van der Waals surface area contributed by atoms with Crippen LogP contribution in [-0.4, -0.2) is 54.5 Å². The van der Waals surface area contributed by atoms with Gasteiger partial charge in [-0.05, 0) is 53.7 Å². The van der Waals surface area contributed by atoms with Gasteiger partial charge in [-0.15, -0.1) is 0 Å². The van der Waals surface area contributed by atoms with E-state index in [1.54, 1.807) is 29.2 Å². The monoisotopic (exact) mass is 368 g/mol. The highest BCUT2D eigenvalue weighted by molar-refractivity contribution is 7.89. The van der Waals surface area contributed by atoms with Gasteiger partial charge in [-0.25, -0.2) is 13.2 Å². The lowest BCUT2D eigenvalue weighted by molar-refractivity contribution is 0.00190. The van der Waals surface area contributed by atoms with Crippen molar-refractivity contribution in [3.63, 3.8) is 0 Å². The van der Waals surface area contributed by atoms with Crippen LogP contribution in [0.1, 0.15) is 40.2 Å². The second-order valence-corrected chi connectivity index (χ2v) is 9.61. The Labute approximate surface area is 150 Å². The lowest BCUT2D eigenvalue weighted by atomic mass is 10.1. The average molecular weight is 368 g/mol. The zero-order valence-corrected chi connectivity index (χ0v) is 16.6. The summed E-state index contributed by atoms with van der Waals surface area (Å²) in [7, 11) is -3.59. The fourth-order valence-electron chi connectivity index (χ4n) is 2.85. The summed E-state index contributed by atoms with van der Waals surface area (Å²) in [4.78, 5) is 14.3. The first-order valence-electron chi connectivity index (χ1n) is 8.50. The number of hydrogen-bond acceptors (Lipinski definition) is 4. The number of carbonyl (C=O) groups excluding carboxylic acids is 1. The highest BCUT2D eigenvalue weighted by atomic mass is 32.2. The lowest BCUT2D eigenvalue weighted by Crippen LogP contribution is -2.59. The second kappa shape index (κ2) is 6.96. The van der Waals surface area contributed by atoms with Crippen molar-refractivity contribution in [3.8, 4) is 0 Å². The molecule has 1 aliphatic heterocycles. The molecule has 0 bridgehead atoms. The third-order valence-electron chi connectivity index (χ3n) is 4.18. The van der Waals surface area contributed by atoms with Crippen LogP contribution < -0.4 is 0 Å². The van der Waals surface area contributed by atoms with Gasteiger partial charge in [0.2, 0.25) is 10.0 Å². The molecule has 1 fully saturated rings. The van der Waals surface area contributed by atoms with Crippen molar-refractivity contribution in [1.82, 2.24) is 9.21 Å². The molecular formula is C18H28N2O4S. The summed E-state index contributed by atoms with van der Waals surface area (Å²) in [5.41, 5.74) is 0.431. The molecule has 0 aromatic heterocycles. The van der Waals surface area contributed by atoms with Crippen LogP contribution >= 0.6 is 0 Å². The molecule has 0 saturated carbocycles. The Balaban J connectivity index is 2.19. The van der Waals surface area contributed by atoms with Crippen molar-refractivity contribution in [1.29, 1.82) is 0 Å². The molecule has 2 atom stereocenters. The molecule has 0 spiro atoms. The van der Waals surface area contributed by atoms with E-state index >= 15 is 0 Å². The topological polar surface area (TPSA) is 66.9 Å². The maximum atomic E-state index is 13.0. The minimum Gasteiger partial charge on any atom is -0.444 e. The van der Waals surface area contributed by atoms with Gasteiger partial charge in [0.1, 0.15) is 5.60 Å². The van der Waals surface area contributed by atoms with Crippen LogP contribution in [0, 0.1) is 6.92 Å². The molecule has 0 aliphatic carbocycles. The first-order valence-corrected chi connectivity index (χ1v) is 9.94. The molecule has 1 aliphatic rings. The van der Waals surface area contributed by atoms with Crippen LogP contribution in [0.4, 0.5) is 4.79 Å². The van der Waals surface area contributed by atoms with E-state index in [0.717, 1.165) is 5.56 Å². The molecule has 25 heavy (non-hydrogen) atoms. The molecular weight excluding hydrogens is 340 g/mol. The molecule has 1 heterocycles. The second-order valence-electron chi connectivity index (χ2n) is 7.72.